The number of benzene rings is 1. The molecule has 0 saturated carbocycles. The number of rotatable bonds is 4. The third-order valence-electron chi connectivity index (χ3n) is 2.31. The molecule has 6 nitrogen and oxygen atoms in total. The molecule has 0 aliphatic heterocycles. The molecule has 0 saturated heterocycles. The van der Waals surface area contributed by atoms with Crippen molar-refractivity contribution in [2.45, 2.75) is 6.61 Å². The number of aromatic nitrogens is 2. The first kappa shape index (κ1) is 12.0. The number of nitrogens with zero attached hydrogens (tertiary/aromatic N) is 2. The van der Waals surface area contributed by atoms with Gasteiger partial charge in [0.1, 0.15) is 12.4 Å². The second-order valence-corrected chi connectivity index (χ2v) is 3.59. The Morgan fingerprint density at radius 1 is 1.33 bits per heavy atom. The van der Waals surface area contributed by atoms with E-state index in [0.717, 1.165) is 11.3 Å². The van der Waals surface area contributed by atoms with Crippen molar-refractivity contribution in [1.29, 1.82) is 5.41 Å². The highest BCUT2D eigenvalue weighted by atomic mass is 16.5. The molecule has 1 aromatic carbocycles. The smallest absolute Gasteiger partial charge is 0.235 e. The van der Waals surface area contributed by atoms with Gasteiger partial charge in [-0.25, -0.2) is 0 Å². The maximum absolute atomic E-state index is 9.20. The number of methoxy groups -OCH3 is 1. The average Bonchev–Trinajstić information content (AvgIpc) is 2.40. The lowest BCUT2D eigenvalue weighted by Crippen LogP contribution is -2.19. The topological polar surface area (TPSA) is 80.4 Å². The summed E-state index contributed by atoms with van der Waals surface area (Å²) < 4.78 is 10.5. The van der Waals surface area contributed by atoms with Gasteiger partial charge in [0.25, 0.3) is 0 Å². The van der Waals surface area contributed by atoms with E-state index in [2.05, 4.69) is 5.10 Å². The van der Waals surface area contributed by atoms with Crippen LogP contribution < -0.4 is 15.0 Å². The van der Waals surface area contributed by atoms with E-state index in [9.17, 15) is 5.21 Å². The highest BCUT2D eigenvalue weighted by Crippen LogP contribution is 2.14. The summed E-state index contributed by atoms with van der Waals surface area (Å²) in [5.74, 6) is 0.999. The van der Waals surface area contributed by atoms with Crippen molar-refractivity contribution in [3.63, 3.8) is 0 Å². The zero-order valence-electron chi connectivity index (χ0n) is 9.83. The molecular weight excluding hydrogens is 234 g/mol. The minimum atomic E-state index is -0.108. The largest absolute Gasteiger partial charge is 0.497 e. The summed E-state index contributed by atoms with van der Waals surface area (Å²) in [5, 5.41) is 20.1. The lowest BCUT2D eigenvalue weighted by molar-refractivity contribution is 0.119. The van der Waals surface area contributed by atoms with Crippen molar-refractivity contribution in [1.82, 2.24) is 9.94 Å². The van der Waals surface area contributed by atoms with Gasteiger partial charge in [0.05, 0.1) is 7.11 Å². The first-order valence-corrected chi connectivity index (χ1v) is 5.29. The van der Waals surface area contributed by atoms with E-state index in [1.807, 2.05) is 24.3 Å². The molecule has 2 N–H and O–H groups in total. The van der Waals surface area contributed by atoms with Crippen LogP contribution in [0.15, 0.2) is 36.4 Å². The lowest BCUT2D eigenvalue weighted by atomic mass is 10.2. The van der Waals surface area contributed by atoms with Crippen LogP contribution in [-0.2, 0) is 6.61 Å². The van der Waals surface area contributed by atoms with Crippen molar-refractivity contribution >= 4 is 0 Å². The van der Waals surface area contributed by atoms with Gasteiger partial charge in [-0.2, -0.15) is 0 Å². The van der Waals surface area contributed by atoms with Crippen LogP contribution in [0, 0.1) is 5.41 Å². The van der Waals surface area contributed by atoms with E-state index in [1.54, 1.807) is 7.11 Å². The fraction of sp³-hybridized carbons (Fsp3) is 0.167. The Balaban J connectivity index is 2.06. The fourth-order valence-electron chi connectivity index (χ4n) is 1.39. The summed E-state index contributed by atoms with van der Waals surface area (Å²) in [6.07, 6.45) is 0. The van der Waals surface area contributed by atoms with Crippen LogP contribution in [0.25, 0.3) is 0 Å². The molecule has 2 rings (SSSR count). The van der Waals surface area contributed by atoms with Crippen molar-refractivity contribution < 1.29 is 14.7 Å². The van der Waals surface area contributed by atoms with Crippen LogP contribution in [0.4, 0.5) is 0 Å². The molecule has 1 aromatic heterocycles. The van der Waals surface area contributed by atoms with E-state index >= 15 is 0 Å². The van der Waals surface area contributed by atoms with Gasteiger partial charge >= 0.3 is 0 Å². The van der Waals surface area contributed by atoms with Crippen LogP contribution in [-0.4, -0.2) is 22.3 Å². The van der Waals surface area contributed by atoms with E-state index in [1.165, 1.54) is 12.1 Å². The Morgan fingerprint density at radius 3 is 2.89 bits per heavy atom. The summed E-state index contributed by atoms with van der Waals surface area (Å²) in [7, 11) is 1.60. The molecule has 0 bridgehead atoms. The standard InChI is InChI=1S/C12H13N3O3/c1-17-10-4-2-3-9(7-10)8-18-12-6-5-11(13)15(16)14-12/h2-7,13,16H,8H2,1H3. The van der Waals surface area contributed by atoms with E-state index in [0.29, 0.717) is 11.5 Å². The Hall–Kier alpha value is -2.50. The molecule has 6 heteroatoms. The van der Waals surface area contributed by atoms with Crippen molar-refractivity contribution in [3.05, 3.63) is 47.4 Å². The van der Waals surface area contributed by atoms with Crippen LogP contribution in [0.3, 0.4) is 0 Å². The molecule has 0 aliphatic rings. The van der Waals surface area contributed by atoms with Gasteiger partial charge < -0.3 is 14.7 Å². The first-order chi connectivity index (χ1) is 8.69. The van der Waals surface area contributed by atoms with E-state index in [-0.39, 0.29) is 11.4 Å². The fourth-order valence-corrected chi connectivity index (χ4v) is 1.39. The van der Waals surface area contributed by atoms with Gasteiger partial charge in [-0.1, -0.05) is 22.1 Å². The van der Waals surface area contributed by atoms with E-state index < -0.39 is 0 Å². The number of hydrogen-bond acceptors (Lipinski definition) is 5. The third kappa shape index (κ3) is 2.79. The zero-order valence-corrected chi connectivity index (χ0v) is 9.83. The highest BCUT2D eigenvalue weighted by molar-refractivity contribution is 5.28. The number of ether oxygens (including phenoxy) is 2. The van der Waals surface area contributed by atoms with Gasteiger partial charge in [0, 0.05) is 6.07 Å². The van der Waals surface area contributed by atoms with Crippen molar-refractivity contribution in [2.75, 3.05) is 7.11 Å². The molecule has 0 fully saturated rings. The monoisotopic (exact) mass is 247 g/mol. The Labute approximate surface area is 103 Å². The third-order valence-corrected chi connectivity index (χ3v) is 2.31. The molecule has 0 amide bonds. The molecule has 0 unspecified atom stereocenters. The molecule has 94 valence electrons. The summed E-state index contributed by atoms with van der Waals surface area (Å²) in [6.45, 7) is 0.307. The Kier molecular flexibility index (Phi) is 3.47. The number of nitrogens with one attached hydrogen (secondary N) is 1. The van der Waals surface area contributed by atoms with Gasteiger partial charge in [-0.3, -0.25) is 5.41 Å². The zero-order chi connectivity index (χ0) is 13.0. The molecule has 18 heavy (non-hydrogen) atoms. The van der Waals surface area contributed by atoms with Crippen LogP contribution in [0.1, 0.15) is 5.56 Å². The van der Waals surface area contributed by atoms with Gasteiger partial charge in [-0.05, 0) is 23.8 Å². The SMILES string of the molecule is COc1cccc(COc2ccc(=N)n(O)n2)c1. The molecule has 1 heterocycles. The quantitative estimate of drug-likeness (QED) is 0.795. The van der Waals surface area contributed by atoms with E-state index in [4.69, 9.17) is 14.9 Å². The van der Waals surface area contributed by atoms with Crippen LogP contribution >= 0.6 is 0 Å². The normalized spacial score (nSPS) is 10.1. The molecule has 0 radical (unpaired) electrons. The molecule has 2 aromatic rings. The highest BCUT2D eigenvalue weighted by Gasteiger charge is 2.00. The van der Waals surface area contributed by atoms with Crippen molar-refractivity contribution in [2.24, 2.45) is 0 Å². The predicted octanol–water partition coefficient (Wildman–Crippen LogP) is 1.19. The minimum Gasteiger partial charge on any atom is -0.497 e. The maximum atomic E-state index is 9.20. The molecule has 0 spiro atoms. The Morgan fingerprint density at radius 2 is 2.17 bits per heavy atom. The Bertz CT molecular complexity index is 595. The average molecular weight is 247 g/mol. The molecule has 0 aliphatic carbocycles. The summed E-state index contributed by atoms with van der Waals surface area (Å²) in [6, 6.07) is 10.4. The lowest BCUT2D eigenvalue weighted by Gasteiger charge is -2.07. The molecular formula is C12H13N3O3. The molecule has 0 atom stereocenters. The van der Waals surface area contributed by atoms with Crippen molar-refractivity contribution in [3.8, 4) is 11.6 Å². The van der Waals surface area contributed by atoms with Gasteiger partial charge in [0.2, 0.25) is 5.88 Å². The first-order valence-electron chi connectivity index (χ1n) is 5.29. The second kappa shape index (κ2) is 5.22. The summed E-state index contributed by atoms with van der Waals surface area (Å²) in [5.41, 5.74) is 0.819. The van der Waals surface area contributed by atoms with Crippen LogP contribution in [0.2, 0.25) is 0 Å². The summed E-state index contributed by atoms with van der Waals surface area (Å²) in [4.78, 5) is 0.459. The van der Waals surface area contributed by atoms with Gasteiger partial charge in [0.15, 0.2) is 5.49 Å². The number of hydrogen-bond donors (Lipinski definition) is 2. The second-order valence-electron chi connectivity index (χ2n) is 3.59. The van der Waals surface area contributed by atoms with Crippen LogP contribution in [0.5, 0.6) is 11.6 Å². The summed E-state index contributed by atoms with van der Waals surface area (Å²) >= 11 is 0. The minimum absolute atomic E-state index is 0.108. The predicted molar refractivity (Wildman–Crippen MR) is 62.6 cm³/mol. The van der Waals surface area contributed by atoms with Gasteiger partial charge in [-0.15, -0.1) is 0 Å². The maximum Gasteiger partial charge on any atom is 0.235 e.